The molecule has 0 atom stereocenters. The van der Waals surface area contributed by atoms with Crippen molar-refractivity contribution in [3.63, 3.8) is 0 Å². The quantitative estimate of drug-likeness (QED) is 0.409. The monoisotopic (exact) mass is 420 g/mol. The van der Waals surface area contributed by atoms with E-state index in [1.807, 2.05) is 12.1 Å². The highest BCUT2D eigenvalue weighted by Crippen LogP contribution is 2.31. The maximum Gasteiger partial charge on any atom is 0.303 e. The molecule has 0 saturated carbocycles. The van der Waals surface area contributed by atoms with Crippen LogP contribution in [0.3, 0.4) is 0 Å². The number of hydrogen-bond donors (Lipinski definition) is 1. The molecule has 0 spiro atoms. The van der Waals surface area contributed by atoms with E-state index >= 15 is 0 Å². The summed E-state index contributed by atoms with van der Waals surface area (Å²) in [6.45, 7) is 3.25. The van der Waals surface area contributed by atoms with Crippen molar-refractivity contribution in [3.05, 3.63) is 40.8 Å². The molecule has 1 N–H and O–H groups in total. The lowest BCUT2D eigenvalue weighted by Crippen LogP contribution is -2.36. The summed E-state index contributed by atoms with van der Waals surface area (Å²) < 4.78 is 5.68. The van der Waals surface area contributed by atoms with Crippen LogP contribution in [0.1, 0.15) is 23.2 Å². The lowest BCUT2D eigenvalue weighted by atomic mass is 10.1. The van der Waals surface area contributed by atoms with Crippen LogP contribution in [0.15, 0.2) is 35.2 Å². The molecule has 1 aromatic carbocycles. The zero-order valence-corrected chi connectivity index (χ0v) is 16.8. The number of carbonyl (C=O) groups excluding carboxylic acids is 2. The smallest absolute Gasteiger partial charge is 0.303 e. The number of ketones is 1. The number of carbonyl (C=O) groups is 3. The highest BCUT2D eigenvalue weighted by molar-refractivity contribution is 8.26. The maximum atomic E-state index is 12.5. The van der Waals surface area contributed by atoms with Gasteiger partial charge in [-0.3, -0.25) is 19.3 Å². The fraction of sp³-hybridized carbons (Fsp3) is 0.368. The van der Waals surface area contributed by atoms with E-state index in [2.05, 4.69) is 4.90 Å². The predicted molar refractivity (Wildman–Crippen MR) is 111 cm³/mol. The van der Waals surface area contributed by atoms with Gasteiger partial charge in [0.05, 0.1) is 18.1 Å². The third-order valence-corrected chi connectivity index (χ3v) is 5.81. The maximum absolute atomic E-state index is 12.5. The van der Waals surface area contributed by atoms with Crippen LogP contribution in [0, 0.1) is 0 Å². The molecule has 1 amide bonds. The number of hydrogen-bond acceptors (Lipinski definition) is 7. The Labute approximate surface area is 172 Å². The molecular weight excluding hydrogens is 400 g/mol. The number of amides is 1. The summed E-state index contributed by atoms with van der Waals surface area (Å²) in [5, 5.41) is 8.71. The molecule has 0 radical (unpaired) electrons. The number of morpholine rings is 1. The zero-order valence-electron chi connectivity index (χ0n) is 15.1. The standard InChI is InChI=1S/C19H20N2O5S2/c22-15(13-3-5-14(6-4-13)20-8-10-26-11-9-20)12-16-18(25)21(19(27)28-16)7-1-2-17(23)24/h3-6,12H,1-2,7-11H2,(H,23,24). The summed E-state index contributed by atoms with van der Waals surface area (Å²) in [6.07, 6.45) is 1.58. The first kappa shape index (κ1) is 20.5. The van der Waals surface area contributed by atoms with Gasteiger partial charge in [0.15, 0.2) is 5.78 Å². The summed E-state index contributed by atoms with van der Waals surface area (Å²) >= 11 is 6.25. The van der Waals surface area contributed by atoms with Crippen molar-refractivity contribution in [1.82, 2.24) is 4.90 Å². The number of aliphatic carboxylic acids is 1. The summed E-state index contributed by atoms with van der Waals surface area (Å²) in [4.78, 5) is 39.4. The van der Waals surface area contributed by atoms with Gasteiger partial charge in [-0.1, -0.05) is 24.0 Å². The second kappa shape index (κ2) is 9.31. The number of thioether (sulfide) groups is 1. The van der Waals surface area contributed by atoms with Gasteiger partial charge in [-0.05, 0) is 30.7 Å². The number of benzene rings is 1. The van der Waals surface area contributed by atoms with Crippen molar-refractivity contribution in [3.8, 4) is 0 Å². The van der Waals surface area contributed by atoms with E-state index in [-0.39, 0.29) is 29.6 Å². The van der Waals surface area contributed by atoms with Crippen LogP contribution in [-0.2, 0) is 14.3 Å². The van der Waals surface area contributed by atoms with Crippen molar-refractivity contribution in [2.45, 2.75) is 12.8 Å². The molecular formula is C19H20N2O5S2. The first-order chi connectivity index (χ1) is 13.5. The lowest BCUT2D eigenvalue weighted by Gasteiger charge is -2.28. The van der Waals surface area contributed by atoms with Crippen LogP contribution < -0.4 is 4.90 Å². The molecule has 2 fully saturated rings. The second-order valence-electron chi connectivity index (χ2n) is 6.34. The van der Waals surface area contributed by atoms with Crippen LogP contribution >= 0.6 is 24.0 Å². The molecule has 0 aliphatic carbocycles. The average molecular weight is 421 g/mol. The van der Waals surface area contributed by atoms with Crippen LogP contribution in [0.2, 0.25) is 0 Å². The van der Waals surface area contributed by atoms with Crippen molar-refractivity contribution in [2.75, 3.05) is 37.7 Å². The Morgan fingerprint density at radius 3 is 2.54 bits per heavy atom. The Kier molecular flexibility index (Phi) is 6.82. The van der Waals surface area contributed by atoms with Crippen LogP contribution in [-0.4, -0.2) is 64.8 Å². The fourth-order valence-electron chi connectivity index (χ4n) is 2.94. The van der Waals surface area contributed by atoms with E-state index in [0.717, 1.165) is 30.5 Å². The van der Waals surface area contributed by atoms with Crippen LogP contribution in [0.4, 0.5) is 5.69 Å². The zero-order chi connectivity index (χ0) is 20.1. The van der Waals surface area contributed by atoms with Crippen molar-refractivity contribution in [1.29, 1.82) is 0 Å². The molecule has 0 bridgehead atoms. The van der Waals surface area contributed by atoms with Gasteiger partial charge in [0.2, 0.25) is 0 Å². The minimum Gasteiger partial charge on any atom is -0.481 e. The molecule has 7 nitrogen and oxygen atoms in total. The molecule has 28 heavy (non-hydrogen) atoms. The van der Waals surface area contributed by atoms with Gasteiger partial charge in [0, 0.05) is 43.4 Å². The topological polar surface area (TPSA) is 87.2 Å². The third kappa shape index (κ3) is 4.98. The van der Waals surface area contributed by atoms with Crippen molar-refractivity contribution < 1.29 is 24.2 Å². The number of carboxylic acid groups (broad SMARTS) is 1. The van der Waals surface area contributed by atoms with E-state index in [1.165, 1.54) is 11.0 Å². The van der Waals surface area contributed by atoms with Crippen LogP contribution in [0.5, 0.6) is 0 Å². The van der Waals surface area contributed by atoms with E-state index in [9.17, 15) is 14.4 Å². The number of anilines is 1. The predicted octanol–water partition coefficient (Wildman–Crippen LogP) is 2.31. The summed E-state index contributed by atoms with van der Waals surface area (Å²) in [5.41, 5.74) is 1.53. The molecule has 0 aromatic heterocycles. The van der Waals surface area contributed by atoms with E-state index in [0.29, 0.717) is 29.5 Å². The number of carboxylic acids is 1. The normalized spacial score (nSPS) is 18.8. The average Bonchev–Trinajstić information content (AvgIpc) is 2.96. The van der Waals surface area contributed by atoms with Gasteiger partial charge in [-0.15, -0.1) is 0 Å². The molecule has 148 valence electrons. The Morgan fingerprint density at radius 2 is 1.89 bits per heavy atom. The fourth-order valence-corrected chi connectivity index (χ4v) is 4.22. The SMILES string of the molecule is O=C(O)CCCN1C(=O)C(=CC(=O)c2ccc(N3CCOCC3)cc2)SC1=S. The third-order valence-electron chi connectivity index (χ3n) is 4.44. The number of ether oxygens (including phenoxy) is 1. The van der Waals surface area contributed by atoms with Gasteiger partial charge in [0.1, 0.15) is 4.32 Å². The Bertz CT molecular complexity index is 816. The Hall–Kier alpha value is -2.23. The molecule has 2 aliphatic heterocycles. The second-order valence-corrected chi connectivity index (χ2v) is 8.02. The van der Waals surface area contributed by atoms with E-state index in [1.54, 1.807) is 12.1 Å². The first-order valence-corrected chi connectivity index (χ1v) is 10.1. The minimum absolute atomic E-state index is 0.0372. The van der Waals surface area contributed by atoms with Gasteiger partial charge in [-0.25, -0.2) is 0 Å². The molecule has 2 saturated heterocycles. The number of nitrogens with zero attached hydrogens (tertiary/aromatic N) is 2. The van der Waals surface area contributed by atoms with Crippen LogP contribution in [0.25, 0.3) is 0 Å². The number of rotatable bonds is 7. The van der Waals surface area contributed by atoms with Gasteiger partial charge in [0.25, 0.3) is 5.91 Å². The molecule has 0 unspecified atom stereocenters. The summed E-state index contributed by atoms with van der Waals surface area (Å²) in [6, 6.07) is 7.28. The van der Waals surface area contributed by atoms with E-state index in [4.69, 9.17) is 22.1 Å². The summed E-state index contributed by atoms with van der Waals surface area (Å²) in [5.74, 6) is -1.53. The molecule has 1 aromatic rings. The number of thiocarbonyl (C=S) groups is 1. The molecule has 2 aliphatic rings. The number of allylic oxidation sites excluding steroid dienone is 1. The minimum atomic E-state index is -0.920. The van der Waals surface area contributed by atoms with Gasteiger partial charge >= 0.3 is 5.97 Å². The Balaban J connectivity index is 1.64. The van der Waals surface area contributed by atoms with Crippen molar-refractivity contribution in [2.24, 2.45) is 0 Å². The highest BCUT2D eigenvalue weighted by atomic mass is 32.2. The van der Waals surface area contributed by atoms with Gasteiger partial charge in [-0.2, -0.15) is 0 Å². The Morgan fingerprint density at radius 1 is 1.21 bits per heavy atom. The highest BCUT2D eigenvalue weighted by Gasteiger charge is 2.32. The van der Waals surface area contributed by atoms with E-state index < -0.39 is 5.97 Å². The summed E-state index contributed by atoms with van der Waals surface area (Å²) in [7, 11) is 0. The molecule has 2 heterocycles. The largest absolute Gasteiger partial charge is 0.481 e. The molecule has 3 rings (SSSR count). The lowest BCUT2D eigenvalue weighted by molar-refractivity contribution is -0.137. The first-order valence-electron chi connectivity index (χ1n) is 8.90. The molecule has 9 heteroatoms. The van der Waals surface area contributed by atoms with Crippen molar-refractivity contribution >= 4 is 51.6 Å². The van der Waals surface area contributed by atoms with Gasteiger partial charge < -0.3 is 14.7 Å².